The molecule has 1 aliphatic heterocycles. The SMILES string of the molecule is CN1CCCCCCC[N+](C)(C2CCCCCCCCCC2)CCCCCC1. The van der Waals surface area contributed by atoms with Crippen LogP contribution < -0.4 is 0 Å². The predicted octanol–water partition coefficient (Wildman–Crippen LogP) is 7.17. The minimum atomic E-state index is 0.944. The van der Waals surface area contributed by atoms with Gasteiger partial charge in [-0.2, -0.15) is 0 Å². The van der Waals surface area contributed by atoms with Gasteiger partial charge in [0.1, 0.15) is 0 Å². The molecule has 0 N–H and O–H groups in total. The Hall–Kier alpha value is -0.0800. The highest BCUT2D eigenvalue weighted by molar-refractivity contribution is 4.65. The van der Waals surface area contributed by atoms with E-state index < -0.39 is 0 Å². The third kappa shape index (κ3) is 10.1. The topological polar surface area (TPSA) is 3.24 Å². The Balaban J connectivity index is 1.92. The fraction of sp³-hybridized carbons (Fsp3) is 1.00. The Morgan fingerprint density at radius 2 is 0.857 bits per heavy atom. The highest BCUT2D eigenvalue weighted by Gasteiger charge is 2.31. The van der Waals surface area contributed by atoms with Crippen molar-refractivity contribution in [2.75, 3.05) is 40.3 Å². The predicted molar refractivity (Wildman–Crippen MR) is 125 cm³/mol. The average molecular weight is 394 g/mol. The summed E-state index contributed by atoms with van der Waals surface area (Å²) >= 11 is 0. The Kier molecular flexibility index (Phi) is 12.8. The minimum Gasteiger partial charge on any atom is -0.324 e. The third-order valence-corrected chi connectivity index (χ3v) is 7.87. The van der Waals surface area contributed by atoms with Crippen molar-refractivity contribution < 1.29 is 4.48 Å². The van der Waals surface area contributed by atoms with Crippen LogP contribution in [0.5, 0.6) is 0 Å². The molecule has 1 heterocycles. The van der Waals surface area contributed by atoms with Crippen molar-refractivity contribution in [1.82, 2.24) is 4.90 Å². The third-order valence-electron chi connectivity index (χ3n) is 7.87. The van der Waals surface area contributed by atoms with Gasteiger partial charge in [0.05, 0.1) is 26.2 Å². The normalized spacial score (nSPS) is 30.6. The summed E-state index contributed by atoms with van der Waals surface area (Å²) in [6.07, 6.45) is 27.9. The lowest BCUT2D eigenvalue weighted by Gasteiger charge is -2.42. The van der Waals surface area contributed by atoms with Gasteiger partial charge >= 0.3 is 0 Å². The molecule has 1 saturated carbocycles. The second-order valence-corrected chi connectivity index (χ2v) is 10.5. The first-order chi connectivity index (χ1) is 13.7. The summed E-state index contributed by atoms with van der Waals surface area (Å²) < 4.78 is 1.40. The summed E-state index contributed by atoms with van der Waals surface area (Å²) in [6.45, 7) is 5.52. The molecule has 28 heavy (non-hydrogen) atoms. The minimum absolute atomic E-state index is 0.944. The van der Waals surface area contributed by atoms with Crippen LogP contribution >= 0.6 is 0 Å². The van der Waals surface area contributed by atoms with Crippen LogP contribution in [0, 0.1) is 0 Å². The molecule has 1 aliphatic carbocycles. The molecule has 1 saturated heterocycles. The zero-order valence-corrected chi connectivity index (χ0v) is 19.7. The van der Waals surface area contributed by atoms with Gasteiger partial charge in [0, 0.05) is 0 Å². The Morgan fingerprint density at radius 3 is 1.32 bits per heavy atom. The van der Waals surface area contributed by atoms with Gasteiger partial charge in [-0.15, -0.1) is 0 Å². The summed E-state index contributed by atoms with van der Waals surface area (Å²) in [4.78, 5) is 2.57. The molecule has 0 aromatic heterocycles. The lowest BCUT2D eigenvalue weighted by molar-refractivity contribution is -0.934. The van der Waals surface area contributed by atoms with E-state index in [1.807, 2.05) is 0 Å². The molecule has 0 aromatic carbocycles. The standard InChI is InChI=1S/C26H53N2/c1-27-22-16-10-7-12-18-24-28(2,25-19-13-11-17-23-27)26-20-14-8-5-3-4-6-9-15-21-26/h26H,3-25H2,1-2H3/q+1. The van der Waals surface area contributed by atoms with E-state index in [1.165, 1.54) is 153 Å². The molecule has 0 aromatic rings. The van der Waals surface area contributed by atoms with Crippen molar-refractivity contribution in [3.05, 3.63) is 0 Å². The van der Waals surface area contributed by atoms with Gasteiger partial charge in [-0.3, -0.25) is 0 Å². The number of hydrogen-bond acceptors (Lipinski definition) is 1. The Morgan fingerprint density at radius 1 is 0.500 bits per heavy atom. The van der Waals surface area contributed by atoms with Crippen molar-refractivity contribution >= 4 is 0 Å². The molecule has 2 rings (SSSR count). The van der Waals surface area contributed by atoms with Crippen LogP contribution in [-0.2, 0) is 0 Å². The van der Waals surface area contributed by atoms with E-state index in [-0.39, 0.29) is 0 Å². The highest BCUT2D eigenvalue weighted by atomic mass is 15.4. The Bertz CT molecular complexity index is 357. The number of hydrogen-bond donors (Lipinski definition) is 0. The maximum absolute atomic E-state index is 2.65. The number of quaternary nitrogens is 1. The quantitative estimate of drug-likeness (QED) is 0.427. The molecule has 1 unspecified atom stereocenters. The highest BCUT2D eigenvalue weighted by Crippen LogP contribution is 2.27. The van der Waals surface area contributed by atoms with Crippen LogP contribution in [0.3, 0.4) is 0 Å². The molecule has 2 fully saturated rings. The summed E-state index contributed by atoms with van der Waals surface area (Å²) in [5, 5.41) is 0. The van der Waals surface area contributed by atoms with Crippen molar-refractivity contribution in [2.24, 2.45) is 0 Å². The van der Waals surface area contributed by atoms with Crippen LogP contribution in [0.2, 0.25) is 0 Å². The zero-order chi connectivity index (χ0) is 19.9. The van der Waals surface area contributed by atoms with E-state index in [1.54, 1.807) is 0 Å². The fourth-order valence-corrected chi connectivity index (χ4v) is 5.77. The van der Waals surface area contributed by atoms with Gasteiger partial charge in [-0.05, 0) is 84.3 Å². The van der Waals surface area contributed by atoms with Crippen molar-refractivity contribution in [2.45, 2.75) is 128 Å². The molecule has 2 nitrogen and oxygen atoms in total. The van der Waals surface area contributed by atoms with E-state index >= 15 is 0 Å². The van der Waals surface area contributed by atoms with Crippen LogP contribution in [0.25, 0.3) is 0 Å². The molecule has 0 bridgehead atoms. The van der Waals surface area contributed by atoms with E-state index in [4.69, 9.17) is 0 Å². The van der Waals surface area contributed by atoms with Crippen molar-refractivity contribution in [3.8, 4) is 0 Å². The van der Waals surface area contributed by atoms with Crippen LogP contribution in [0.4, 0.5) is 0 Å². The lowest BCUT2D eigenvalue weighted by Crippen LogP contribution is -2.53. The monoisotopic (exact) mass is 393 g/mol. The molecular formula is C26H53N2+. The molecule has 0 amide bonds. The summed E-state index contributed by atoms with van der Waals surface area (Å²) in [7, 11) is 4.98. The van der Waals surface area contributed by atoms with Gasteiger partial charge in [0.15, 0.2) is 0 Å². The molecule has 2 aliphatic rings. The molecule has 0 spiro atoms. The average Bonchev–Trinajstić information content (AvgIpc) is 2.75. The van der Waals surface area contributed by atoms with Crippen LogP contribution in [0.1, 0.15) is 122 Å². The molecule has 2 heteroatoms. The van der Waals surface area contributed by atoms with Gasteiger partial charge in [-0.25, -0.2) is 0 Å². The molecule has 1 atom stereocenters. The Labute approximate surface area is 178 Å². The molecule has 0 radical (unpaired) electrons. The lowest BCUT2D eigenvalue weighted by atomic mass is 9.97. The number of nitrogens with zero attached hydrogens (tertiary/aromatic N) is 2. The number of rotatable bonds is 1. The van der Waals surface area contributed by atoms with Crippen molar-refractivity contribution in [3.63, 3.8) is 0 Å². The smallest absolute Gasteiger partial charge is 0.0888 e. The second-order valence-electron chi connectivity index (χ2n) is 10.5. The van der Waals surface area contributed by atoms with Gasteiger partial charge < -0.3 is 9.38 Å². The fourth-order valence-electron chi connectivity index (χ4n) is 5.77. The van der Waals surface area contributed by atoms with E-state index in [0.717, 1.165) is 6.04 Å². The van der Waals surface area contributed by atoms with E-state index in [0.29, 0.717) is 0 Å². The summed E-state index contributed by atoms with van der Waals surface area (Å²) in [6, 6.07) is 0.944. The van der Waals surface area contributed by atoms with E-state index in [9.17, 15) is 0 Å². The maximum Gasteiger partial charge on any atom is 0.0888 e. The zero-order valence-electron chi connectivity index (χ0n) is 19.7. The van der Waals surface area contributed by atoms with E-state index in [2.05, 4.69) is 19.0 Å². The summed E-state index contributed by atoms with van der Waals surface area (Å²) in [5.74, 6) is 0. The van der Waals surface area contributed by atoms with Gasteiger partial charge in [-0.1, -0.05) is 57.8 Å². The first-order valence-electron chi connectivity index (χ1n) is 13.2. The molecular weight excluding hydrogens is 340 g/mol. The van der Waals surface area contributed by atoms with Crippen LogP contribution in [-0.4, -0.2) is 55.7 Å². The van der Waals surface area contributed by atoms with Gasteiger partial charge in [0.25, 0.3) is 0 Å². The second kappa shape index (κ2) is 14.8. The molecule has 166 valence electrons. The largest absolute Gasteiger partial charge is 0.324 e. The maximum atomic E-state index is 2.65. The first kappa shape index (κ1) is 24.2. The van der Waals surface area contributed by atoms with Crippen molar-refractivity contribution in [1.29, 1.82) is 0 Å². The summed E-state index contributed by atoms with van der Waals surface area (Å²) in [5.41, 5.74) is 0. The first-order valence-corrected chi connectivity index (χ1v) is 13.2. The van der Waals surface area contributed by atoms with Crippen LogP contribution in [0.15, 0.2) is 0 Å². The van der Waals surface area contributed by atoms with Gasteiger partial charge in [0.2, 0.25) is 0 Å².